The van der Waals surface area contributed by atoms with E-state index in [9.17, 15) is 0 Å². The minimum atomic E-state index is 0.233. The molecule has 120 valence electrons. The first kappa shape index (κ1) is 16.3. The molecule has 2 rings (SSSR count). The molecule has 1 saturated carbocycles. The predicted octanol–water partition coefficient (Wildman–Crippen LogP) is 3.17. The summed E-state index contributed by atoms with van der Waals surface area (Å²) in [6.45, 7) is 7.60. The van der Waals surface area contributed by atoms with Gasteiger partial charge in [0.05, 0.1) is 5.69 Å². The second-order valence-electron chi connectivity index (χ2n) is 6.46. The molecule has 1 aliphatic rings. The van der Waals surface area contributed by atoms with Gasteiger partial charge in [-0.05, 0) is 39.5 Å². The van der Waals surface area contributed by atoms with Crippen LogP contribution in [-0.4, -0.2) is 28.4 Å². The van der Waals surface area contributed by atoms with Crippen molar-refractivity contribution in [1.82, 2.24) is 9.78 Å². The fraction of sp³-hybridized carbons (Fsp3) is 0.824. The number of anilines is 1. The van der Waals surface area contributed by atoms with E-state index in [4.69, 9.17) is 5.73 Å². The largest absolute Gasteiger partial charge is 0.354 e. The van der Waals surface area contributed by atoms with E-state index < -0.39 is 0 Å². The van der Waals surface area contributed by atoms with Gasteiger partial charge in [0, 0.05) is 31.2 Å². The van der Waals surface area contributed by atoms with Crippen molar-refractivity contribution in [1.29, 1.82) is 0 Å². The van der Waals surface area contributed by atoms with Gasteiger partial charge in [0.2, 0.25) is 0 Å². The first-order chi connectivity index (χ1) is 10.1. The van der Waals surface area contributed by atoms with Gasteiger partial charge in [0.15, 0.2) is 0 Å². The van der Waals surface area contributed by atoms with E-state index in [0.717, 1.165) is 25.1 Å². The Kier molecular flexibility index (Phi) is 5.68. The molecule has 4 nitrogen and oxygen atoms in total. The second kappa shape index (κ2) is 7.30. The van der Waals surface area contributed by atoms with Gasteiger partial charge in [-0.1, -0.05) is 26.2 Å². The van der Waals surface area contributed by atoms with Crippen LogP contribution in [0.5, 0.6) is 0 Å². The van der Waals surface area contributed by atoms with Crippen molar-refractivity contribution in [3.63, 3.8) is 0 Å². The average Bonchev–Trinajstić information content (AvgIpc) is 2.76. The van der Waals surface area contributed by atoms with Crippen molar-refractivity contribution >= 4 is 5.82 Å². The van der Waals surface area contributed by atoms with Crippen LogP contribution in [-0.2, 0) is 13.5 Å². The van der Waals surface area contributed by atoms with E-state index >= 15 is 0 Å². The Hall–Kier alpha value is -1.03. The Morgan fingerprint density at radius 3 is 2.52 bits per heavy atom. The average molecular weight is 292 g/mol. The second-order valence-corrected chi connectivity index (χ2v) is 6.46. The van der Waals surface area contributed by atoms with Gasteiger partial charge < -0.3 is 10.6 Å². The van der Waals surface area contributed by atoms with Gasteiger partial charge in [0.1, 0.15) is 5.82 Å². The fourth-order valence-electron chi connectivity index (χ4n) is 3.67. The van der Waals surface area contributed by atoms with Crippen LogP contribution < -0.4 is 10.6 Å². The van der Waals surface area contributed by atoms with Crippen LogP contribution in [0.15, 0.2) is 0 Å². The van der Waals surface area contributed by atoms with E-state index in [-0.39, 0.29) is 6.04 Å². The van der Waals surface area contributed by atoms with E-state index in [2.05, 4.69) is 42.5 Å². The minimum absolute atomic E-state index is 0.233. The summed E-state index contributed by atoms with van der Waals surface area (Å²) in [6.07, 6.45) is 8.71. The molecule has 1 aromatic heterocycles. The third kappa shape index (κ3) is 3.60. The molecule has 1 aliphatic carbocycles. The van der Waals surface area contributed by atoms with E-state index in [1.807, 2.05) is 0 Å². The predicted molar refractivity (Wildman–Crippen MR) is 89.8 cm³/mol. The molecular formula is C17H32N4. The zero-order chi connectivity index (χ0) is 15.4. The molecule has 1 fully saturated rings. The highest BCUT2D eigenvalue weighted by molar-refractivity contribution is 5.51. The standard InChI is InChI=1S/C17H32N4/c1-5-14(18)12-16-13(3)19-20(4)17(16)21(6-2)15-10-8-7-9-11-15/h14-15H,5-12,18H2,1-4H3. The highest BCUT2D eigenvalue weighted by atomic mass is 15.4. The van der Waals surface area contributed by atoms with Crippen molar-refractivity contribution in [2.24, 2.45) is 12.8 Å². The number of nitrogens with two attached hydrogens (primary N) is 1. The maximum Gasteiger partial charge on any atom is 0.130 e. The van der Waals surface area contributed by atoms with Crippen molar-refractivity contribution in [2.45, 2.75) is 77.8 Å². The summed E-state index contributed by atoms with van der Waals surface area (Å²) in [5.74, 6) is 1.31. The normalized spacial score (nSPS) is 18.0. The van der Waals surface area contributed by atoms with Crippen LogP contribution in [0.4, 0.5) is 5.82 Å². The molecule has 0 spiro atoms. The highest BCUT2D eigenvalue weighted by Crippen LogP contribution is 2.31. The molecule has 0 amide bonds. The summed E-state index contributed by atoms with van der Waals surface area (Å²) in [7, 11) is 2.08. The summed E-state index contributed by atoms with van der Waals surface area (Å²) in [5.41, 5.74) is 8.72. The Morgan fingerprint density at radius 1 is 1.29 bits per heavy atom. The van der Waals surface area contributed by atoms with Crippen LogP contribution in [0.1, 0.15) is 63.6 Å². The highest BCUT2D eigenvalue weighted by Gasteiger charge is 2.26. The van der Waals surface area contributed by atoms with E-state index in [1.54, 1.807) is 0 Å². The summed E-state index contributed by atoms with van der Waals surface area (Å²) in [4.78, 5) is 2.58. The summed E-state index contributed by atoms with van der Waals surface area (Å²) in [5, 5.41) is 4.68. The number of aromatic nitrogens is 2. The SMILES string of the molecule is CCC(N)Cc1c(C)nn(C)c1N(CC)C1CCCCC1. The number of aryl methyl sites for hydroxylation is 2. The molecule has 0 radical (unpaired) electrons. The zero-order valence-electron chi connectivity index (χ0n) is 14.2. The third-order valence-electron chi connectivity index (χ3n) is 4.93. The Bertz CT molecular complexity index is 446. The van der Waals surface area contributed by atoms with Gasteiger partial charge in [-0.3, -0.25) is 4.68 Å². The number of nitrogens with zero attached hydrogens (tertiary/aromatic N) is 3. The molecule has 1 heterocycles. The topological polar surface area (TPSA) is 47.1 Å². The zero-order valence-corrected chi connectivity index (χ0v) is 14.2. The number of hydrogen-bond donors (Lipinski definition) is 1. The van der Waals surface area contributed by atoms with Crippen LogP contribution in [0.3, 0.4) is 0 Å². The first-order valence-electron chi connectivity index (χ1n) is 8.63. The monoisotopic (exact) mass is 292 g/mol. The maximum absolute atomic E-state index is 6.22. The molecule has 1 unspecified atom stereocenters. The maximum atomic E-state index is 6.22. The number of hydrogen-bond acceptors (Lipinski definition) is 3. The molecule has 0 aromatic carbocycles. The van der Waals surface area contributed by atoms with Crippen LogP contribution in [0.2, 0.25) is 0 Å². The molecular weight excluding hydrogens is 260 g/mol. The first-order valence-corrected chi connectivity index (χ1v) is 8.63. The van der Waals surface area contributed by atoms with E-state index in [0.29, 0.717) is 6.04 Å². The van der Waals surface area contributed by atoms with Crippen LogP contribution in [0, 0.1) is 6.92 Å². The molecule has 0 saturated heterocycles. The molecule has 1 aromatic rings. The molecule has 4 heteroatoms. The molecule has 2 N–H and O–H groups in total. The Morgan fingerprint density at radius 2 is 1.95 bits per heavy atom. The quantitative estimate of drug-likeness (QED) is 0.876. The van der Waals surface area contributed by atoms with Gasteiger partial charge >= 0.3 is 0 Å². The lowest BCUT2D eigenvalue weighted by atomic mass is 9.93. The van der Waals surface area contributed by atoms with Crippen LogP contribution >= 0.6 is 0 Å². The van der Waals surface area contributed by atoms with Crippen molar-refractivity contribution in [2.75, 3.05) is 11.4 Å². The van der Waals surface area contributed by atoms with Gasteiger partial charge in [-0.15, -0.1) is 0 Å². The lowest BCUT2D eigenvalue weighted by molar-refractivity contribution is 0.412. The third-order valence-corrected chi connectivity index (χ3v) is 4.93. The molecule has 21 heavy (non-hydrogen) atoms. The number of rotatable bonds is 6. The smallest absolute Gasteiger partial charge is 0.130 e. The van der Waals surface area contributed by atoms with Crippen molar-refractivity contribution in [3.05, 3.63) is 11.3 Å². The lowest BCUT2D eigenvalue weighted by Gasteiger charge is -2.36. The molecule has 1 atom stereocenters. The minimum Gasteiger partial charge on any atom is -0.354 e. The van der Waals surface area contributed by atoms with Crippen LogP contribution in [0.25, 0.3) is 0 Å². The molecule has 0 bridgehead atoms. The van der Waals surface area contributed by atoms with Gasteiger partial charge in [0.25, 0.3) is 0 Å². The van der Waals surface area contributed by atoms with Gasteiger partial charge in [-0.2, -0.15) is 5.10 Å². The fourth-order valence-corrected chi connectivity index (χ4v) is 3.67. The van der Waals surface area contributed by atoms with E-state index in [1.165, 1.54) is 43.5 Å². The molecule has 0 aliphatic heterocycles. The summed E-state index contributed by atoms with van der Waals surface area (Å²) < 4.78 is 2.07. The van der Waals surface area contributed by atoms with Crippen molar-refractivity contribution < 1.29 is 0 Å². The summed E-state index contributed by atoms with van der Waals surface area (Å²) >= 11 is 0. The Labute approximate surface area is 129 Å². The summed E-state index contributed by atoms with van der Waals surface area (Å²) in [6, 6.07) is 0.909. The lowest BCUT2D eigenvalue weighted by Crippen LogP contribution is -2.38. The Balaban J connectivity index is 2.30. The van der Waals surface area contributed by atoms with Crippen molar-refractivity contribution in [3.8, 4) is 0 Å². The van der Waals surface area contributed by atoms with Gasteiger partial charge in [-0.25, -0.2) is 0 Å².